The monoisotopic (exact) mass is 305 g/mol. The molecule has 2 aromatic rings. The Labute approximate surface area is 128 Å². The molecule has 2 N–H and O–H groups in total. The van der Waals surface area contributed by atoms with Crippen molar-refractivity contribution in [2.45, 2.75) is 6.92 Å². The molecule has 0 amide bonds. The van der Waals surface area contributed by atoms with Crippen molar-refractivity contribution in [3.63, 3.8) is 0 Å². The van der Waals surface area contributed by atoms with Crippen LogP contribution in [-0.2, 0) is 0 Å². The van der Waals surface area contributed by atoms with Crippen molar-refractivity contribution >= 4 is 40.4 Å². The lowest BCUT2D eigenvalue weighted by Gasteiger charge is -2.03. The molecule has 2 nitrogen and oxygen atoms in total. The predicted molar refractivity (Wildman–Crippen MR) is 86.8 cm³/mol. The Bertz CT molecular complexity index is 615. The maximum atomic E-state index is 5.97. The van der Waals surface area contributed by atoms with E-state index in [0.717, 1.165) is 17.1 Å². The van der Waals surface area contributed by atoms with Crippen LogP contribution >= 0.6 is 23.2 Å². The summed E-state index contributed by atoms with van der Waals surface area (Å²) in [5.41, 5.74) is 2.60. The Morgan fingerprint density at radius 2 is 1.45 bits per heavy atom. The molecule has 0 unspecified atom stereocenters. The molecule has 0 atom stereocenters. The minimum absolute atomic E-state index is 0.199. The van der Waals surface area contributed by atoms with Crippen LogP contribution in [0.3, 0.4) is 0 Å². The van der Waals surface area contributed by atoms with E-state index < -0.39 is 0 Å². The van der Waals surface area contributed by atoms with Gasteiger partial charge in [-0.15, -0.1) is 0 Å². The first-order valence-corrected chi connectivity index (χ1v) is 6.96. The van der Waals surface area contributed by atoms with Gasteiger partial charge >= 0.3 is 0 Å². The normalized spacial score (nSPS) is 11.1. The number of nitrogens with one attached hydrogen (secondary N) is 2. The highest BCUT2D eigenvalue weighted by atomic mass is 35.5. The van der Waals surface area contributed by atoms with Gasteiger partial charge in [-0.25, -0.2) is 10.3 Å². The molecule has 0 saturated carbocycles. The van der Waals surface area contributed by atoms with E-state index in [4.69, 9.17) is 23.2 Å². The topological polar surface area (TPSA) is 26.0 Å². The molecule has 4 heteroatoms. The van der Waals surface area contributed by atoms with Crippen molar-refractivity contribution in [3.05, 3.63) is 70.7 Å². The van der Waals surface area contributed by atoms with Gasteiger partial charge in [0.1, 0.15) is 5.69 Å². The lowest BCUT2D eigenvalue weighted by Crippen LogP contribution is -2.71. The van der Waals surface area contributed by atoms with Crippen molar-refractivity contribution in [1.29, 1.82) is 0 Å². The van der Waals surface area contributed by atoms with Crippen LogP contribution in [-0.4, -0.2) is 5.84 Å². The smallest absolute Gasteiger partial charge is 0.245 e. The van der Waals surface area contributed by atoms with Crippen LogP contribution in [0.25, 0.3) is 5.70 Å². The lowest BCUT2D eigenvalue weighted by molar-refractivity contribution is -0.344. The molecule has 0 spiro atoms. The van der Waals surface area contributed by atoms with Crippen molar-refractivity contribution in [2.24, 2.45) is 0 Å². The van der Waals surface area contributed by atoms with E-state index in [-0.39, 0.29) is 4.49 Å². The summed E-state index contributed by atoms with van der Waals surface area (Å²) in [7, 11) is 0. The van der Waals surface area contributed by atoms with E-state index in [9.17, 15) is 0 Å². The lowest BCUT2D eigenvalue weighted by atomic mass is 10.2. The molecule has 0 saturated heterocycles. The summed E-state index contributed by atoms with van der Waals surface area (Å²) < 4.78 is 0.199. The SMILES string of the molecule is CC(Nc1ccccc1)=[NH+]C(=C(Cl)Cl)c1ccccc1. The number of hydrogen-bond donors (Lipinski definition) is 2. The molecule has 0 aromatic heterocycles. The van der Waals surface area contributed by atoms with Gasteiger partial charge in [-0.3, -0.25) is 0 Å². The largest absolute Gasteiger partial charge is 0.249 e. The number of hydrogen-bond acceptors (Lipinski definition) is 0. The number of para-hydroxylation sites is 1. The van der Waals surface area contributed by atoms with Gasteiger partial charge in [-0.2, -0.15) is 0 Å². The van der Waals surface area contributed by atoms with Gasteiger partial charge in [0.05, 0.1) is 0 Å². The second-order valence-electron chi connectivity index (χ2n) is 4.24. The van der Waals surface area contributed by atoms with E-state index in [0.29, 0.717) is 5.70 Å². The van der Waals surface area contributed by atoms with Gasteiger partial charge in [0.25, 0.3) is 0 Å². The van der Waals surface area contributed by atoms with Gasteiger partial charge in [-0.05, 0) is 12.1 Å². The van der Waals surface area contributed by atoms with E-state index >= 15 is 0 Å². The summed E-state index contributed by atoms with van der Waals surface area (Å²) in [5.74, 6) is 0.842. The number of amidine groups is 1. The first-order valence-electron chi connectivity index (χ1n) is 6.20. The van der Waals surface area contributed by atoms with Gasteiger partial charge in [0, 0.05) is 12.5 Å². The zero-order chi connectivity index (χ0) is 14.4. The van der Waals surface area contributed by atoms with Crippen LogP contribution < -0.4 is 10.3 Å². The summed E-state index contributed by atoms with van der Waals surface area (Å²) >= 11 is 11.9. The van der Waals surface area contributed by atoms with E-state index in [2.05, 4.69) is 10.3 Å². The number of anilines is 1. The van der Waals surface area contributed by atoms with Gasteiger partial charge in [0.15, 0.2) is 10.2 Å². The highest BCUT2D eigenvalue weighted by Crippen LogP contribution is 2.17. The van der Waals surface area contributed by atoms with Crippen LogP contribution in [0.1, 0.15) is 12.5 Å². The molecule has 0 heterocycles. The Hall–Kier alpha value is -1.77. The second kappa shape index (κ2) is 7.13. The summed E-state index contributed by atoms with van der Waals surface area (Å²) in [6, 6.07) is 19.6. The van der Waals surface area contributed by atoms with Crippen molar-refractivity contribution in [3.8, 4) is 0 Å². The molecule has 2 rings (SSSR count). The van der Waals surface area contributed by atoms with E-state index in [1.165, 1.54) is 0 Å². The Kier molecular flexibility index (Phi) is 5.22. The predicted octanol–water partition coefficient (Wildman–Crippen LogP) is 3.40. The quantitative estimate of drug-likeness (QED) is 0.660. The summed E-state index contributed by atoms with van der Waals surface area (Å²) in [6.07, 6.45) is 0. The highest BCUT2D eigenvalue weighted by molar-refractivity contribution is 6.58. The van der Waals surface area contributed by atoms with Crippen LogP contribution in [0.15, 0.2) is 65.2 Å². The number of benzene rings is 2. The van der Waals surface area contributed by atoms with E-state index in [1.54, 1.807) is 0 Å². The van der Waals surface area contributed by atoms with Crippen LogP contribution in [0.5, 0.6) is 0 Å². The van der Waals surface area contributed by atoms with Crippen molar-refractivity contribution in [2.75, 3.05) is 5.32 Å². The first-order chi connectivity index (χ1) is 9.66. The molecular formula is C16H15Cl2N2+. The van der Waals surface area contributed by atoms with Gasteiger partial charge in [-0.1, -0.05) is 71.7 Å². The second-order valence-corrected chi connectivity index (χ2v) is 5.19. The summed E-state index contributed by atoms with van der Waals surface area (Å²) in [4.78, 5) is 3.20. The minimum atomic E-state index is 0.199. The Morgan fingerprint density at radius 1 is 0.900 bits per heavy atom. The third-order valence-corrected chi connectivity index (χ3v) is 3.05. The maximum absolute atomic E-state index is 5.97. The summed E-state index contributed by atoms with van der Waals surface area (Å²) in [6.45, 7) is 1.92. The first kappa shape index (κ1) is 14.6. The van der Waals surface area contributed by atoms with Crippen molar-refractivity contribution < 1.29 is 4.99 Å². The van der Waals surface area contributed by atoms with Gasteiger partial charge in [0.2, 0.25) is 5.84 Å². The van der Waals surface area contributed by atoms with Gasteiger partial charge < -0.3 is 0 Å². The summed E-state index contributed by atoms with van der Waals surface area (Å²) in [5, 5.41) is 3.25. The molecule has 0 aliphatic carbocycles. The fourth-order valence-corrected chi connectivity index (χ4v) is 2.10. The fraction of sp³-hybridized carbons (Fsp3) is 0.0625. The Morgan fingerprint density at radius 3 is 2.00 bits per heavy atom. The zero-order valence-corrected chi connectivity index (χ0v) is 12.5. The molecule has 0 aliphatic rings. The molecular weight excluding hydrogens is 291 g/mol. The number of rotatable bonds is 3. The molecule has 102 valence electrons. The van der Waals surface area contributed by atoms with Crippen molar-refractivity contribution in [1.82, 2.24) is 0 Å². The molecule has 0 aliphatic heterocycles. The average molecular weight is 306 g/mol. The maximum Gasteiger partial charge on any atom is 0.249 e. The molecule has 0 bridgehead atoms. The standard InChI is InChI=1S/C16H14Cl2N2/c1-12(19-14-10-6-3-7-11-14)20-15(16(17)18)13-8-4-2-5-9-13/h2-11H,1H3,(H,19,20)/p+1. The molecule has 0 fully saturated rings. The third-order valence-electron chi connectivity index (χ3n) is 2.67. The number of halogens is 2. The fourth-order valence-electron chi connectivity index (χ4n) is 1.79. The highest BCUT2D eigenvalue weighted by Gasteiger charge is 2.09. The van der Waals surface area contributed by atoms with E-state index in [1.807, 2.05) is 67.6 Å². The van der Waals surface area contributed by atoms with Crippen LogP contribution in [0, 0.1) is 0 Å². The molecule has 0 radical (unpaired) electrons. The zero-order valence-electron chi connectivity index (χ0n) is 11.0. The average Bonchev–Trinajstić information content (AvgIpc) is 2.46. The van der Waals surface area contributed by atoms with Crippen LogP contribution in [0.2, 0.25) is 0 Å². The third kappa shape index (κ3) is 4.12. The minimum Gasteiger partial charge on any atom is -0.245 e. The molecule has 2 aromatic carbocycles. The Balaban J connectivity index is 2.25. The molecule has 20 heavy (non-hydrogen) atoms. The van der Waals surface area contributed by atoms with Crippen LogP contribution in [0.4, 0.5) is 5.69 Å².